The van der Waals surface area contributed by atoms with Crippen molar-refractivity contribution >= 4 is 5.91 Å². The van der Waals surface area contributed by atoms with Gasteiger partial charge in [-0.1, -0.05) is 37.3 Å². The summed E-state index contributed by atoms with van der Waals surface area (Å²) in [5.74, 6) is 0.817. The van der Waals surface area contributed by atoms with E-state index in [2.05, 4.69) is 46.4 Å². The zero-order valence-electron chi connectivity index (χ0n) is 20.8. The molecule has 3 aromatic rings. The fourth-order valence-corrected chi connectivity index (χ4v) is 4.65. The van der Waals surface area contributed by atoms with E-state index in [4.69, 9.17) is 4.74 Å². The van der Waals surface area contributed by atoms with E-state index in [0.29, 0.717) is 25.1 Å². The lowest BCUT2D eigenvalue weighted by Gasteiger charge is -2.22. The van der Waals surface area contributed by atoms with Crippen LogP contribution in [-0.4, -0.2) is 42.0 Å². The minimum absolute atomic E-state index is 0.0629. The van der Waals surface area contributed by atoms with Gasteiger partial charge in [0.05, 0.1) is 6.61 Å². The van der Waals surface area contributed by atoms with Crippen molar-refractivity contribution in [3.05, 3.63) is 94.8 Å². The monoisotopic (exact) mass is 471 g/mol. The Morgan fingerprint density at radius 2 is 1.94 bits per heavy atom. The molecule has 184 valence electrons. The van der Waals surface area contributed by atoms with Crippen LogP contribution in [0.5, 0.6) is 5.75 Å². The number of hydrogen-bond acceptors (Lipinski definition) is 4. The highest BCUT2D eigenvalue weighted by Crippen LogP contribution is 2.25. The summed E-state index contributed by atoms with van der Waals surface area (Å²) in [4.78, 5) is 19.8. The van der Waals surface area contributed by atoms with Gasteiger partial charge in [0.15, 0.2) is 0 Å². The van der Waals surface area contributed by atoms with Gasteiger partial charge in [0.25, 0.3) is 5.91 Å². The fraction of sp³-hybridized carbons (Fsp3) is 0.400. The van der Waals surface area contributed by atoms with Crippen LogP contribution in [0.3, 0.4) is 0 Å². The molecular formula is C30H37N3O2. The molecule has 0 saturated heterocycles. The Hall–Kier alpha value is -3.18. The van der Waals surface area contributed by atoms with Gasteiger partial charge in [-0.05, 0) is 85.8 Å². The van der Waals surface area contributed by atoms with Crippen molar-refractivity contribution in [3.8, 4) is 5.75 Å². The predicted molar refractivity (Wildman–Crippen MR) is 141 cm³/mol. The SMILES string of the molecule is CCCN1CCCCCOc2ccc(C(=O)NCCc3ccccn3)cc2Cc2cccc(c2)C1. The molecule has 4 rings (SSSR count). The number of hydrogen-bond donors (Lipinski definition) is 1. The molecule has 1 aliphatic heterocycles. The average Bonchev–Trinajstić information content (AvgIpc) is 2.87. The Balaban J connectivity index is 1.50. The van der Waals surface area contributed by atoms with Gasteiger partial charge >= 0.3 is 0 Å². The molecule has 2 heterocycles. The number of rotatable bonds is 6. The predicted octanol–water partition coefficient (Wildman–Crippen LogP) is 5.42. The van der Waals surface area contributed by atoms with E-state index in [1.807, 2.05) is 36.4 Å². The average molecular weight is 472 g/mol. The number of carbonyl (C=O) groups excluding carboxylic acids is 1. The van der Waals surface area contributed by atoms with E-state index in [9.17, 15) is 4.79 Å². The summed E-state index contributed by atoms with van der Waals surface area (Å²) < 4.78 is 6.20. The first-order chi connectivity index (χ1) is 17.2. The molecule has 5 nitrogen and oxygen atoms in total. The second-order valence-electron chi connectivity index (χ2n) is 9.33. The number of nitrogens with zero attached hydrogens (tertiary/aromatic N) is 2. The van der Waals surface area contributed by atoms with E-state index in [-0.39, 0.29) is 5.91 Å². The fourth-order valence-electron chi connectivity index (χ4n) is 4.65. The second-order valence-corrected chi connectivity index (χ2v) is 9.33. The Labute approximate surface area is 209 Å². The van der Waals surface area contributed by atoms with Crippen LogP contribution in [-0.2, 0) is 19.4 Å². The van der Waals surface area contributed by atoms with Crippen LogP contribution >= 0.6 is 0 Å². The van der Waals surface area contributed by atoms with Crippen LogP contribution in [0.15, 0.2) is 66.9 Å². The highest BCUT2D eigenvalue weighted by atomic mass is 16.5. The van der Waals surface area contributed by atoms with E-state index in [0.717, 1.165) is 55.9 Å². The first-order valence-electron chi connectivity index (χ1n) is 13.0. The van der Waals surface area contributed by atoms with Crippen LogP contribution in [0.25, 0.3) is 0 Å². The quantitative estimate of drug-likeness (QED) is 0.522. The largest absolute Gasteiger partial charge is 0.493 e. The number of carbonyl (C=O) groups is 1. The minimum atomic E-state index is -0.0629. The van der Waals surface area contributed by atoms with Crippen LogP contribution < -0.4 is 10.1 Å². The molecule has 5 heteroatoms. The van der Waals surface area contributed by atoms with E-state index >= 15 is 0 Å². The number of nitrogens with one attached hydrogen (secondary N) is 1. The summed E-state index contributed by atoms with van der Waals surface area (Å²) >= 11 is 0. The van der Waals surface area contributed by atoms with Gasteiger partial charge in [0, 0.05) is 43.4 Å². The van der Waals surface area contributed by atoms with Crippen LogP contribution in [0.2, 0.25) is 0 Å². The molecule has 1 N–H and O–H groups in total. The maximum atomic E-state index is 12.9. The number of pyridine rings is 1. The molecule has 0 spiro atoms. The highest BCUT2D eigenvalue weighted by Gasteiger charge is 2.13. The summed E-state index contributed by atoms with van der Waals surface area (Å²) in [6.45, 7) is 6.76. The van der Waals surface area contributed by atoms with Crippen molar-refractivity contribution in [1.29, 1.82) is 0 Å². The van der Waals surface area contributed by atoms with E-state index in [1.165, 1.54) is 24.0 Å². The Kier molecular flexibility index (Phi) is 9.30. The van der Waals surface area contributed by atoms with Crippen molar-refractivity contribution in [2.75, 3.05) is 26.2 Å². The maximum absolute atomic E-state index is 12.9. The van der Waals surface area contributed by atoms with Gasteiger partial charge in [0.1, 0.15) is 5.75 Å². The summed E-state index contributed by atoms with van der Waals surface area (Å²) in [6.07, 6.45) is 7.79. The lowest BCUT2D eigenvalue weighted by molar-refractivity contribution is 0.0954. The van der Waals surface area contributed by atoms with Crippen LogP contribution in [0.4, 0.5) is 0 Å². The molecule has 35 heavy (non-hydrogen) atoms. The van der Waals surface area contributed by atoms with Gasteiger partial charge in [0.2, 0.25) is 0 Å². The third-order valence-electron chi connectivity index (χ3n) is 6.42. The summed E-state index contributed by atoms with van der Waals surface area (Å²) in [7, 11) is 0. The van der Waals surface area contributed by atoms with Crippen molar-refractivity contribution in [3.63, 3.8) is 0 Å². The standard InChI is InChI=1S/C30H37N3O2/c1-2-17-33-18-6-3-7-19-35-29-13-12-26(30(34)32-16-14-28-11-4-5-15-31-28)22-27(29)21-24-9-8-10-25(20-24)23-33/h4-5,8-13,15,20,22H,2-3,6-7,14,16-19,21,23H2,1H3,(H,32,34). The van der Waals surface area contributed by atoms with Crippen LogP contribution in [0, 0.1) is 0 Å². The second kappa shape index (κ2) is 13.1. The van der Waals surface area contributed by atoms with Gasteiger partial charge in [-0.25, -0.2) is 0 Å². The Morgan fingerprint density at radius 3 is 2.80 bits per heavy atom. The van der Waals surface area contributed by atoms with E-state index in [1.54, 1.807) is 6.20 Å². The number of ether oxygens (including phenoxy) is 1. The zero-order valence-corrected chi connectivity index (χ0v) is 20.8. The minimum Gasteiger partial charge on any atom is -0.493 e. The van der Waals surface area contributed by atoms with E-state index < -0.39 is 0 Å². The van der Waals surface area contributed by atoms with Crippen molar-refractivity contribution in [1.82, 2.24) is 15.2 Å². The molecule has 2 bridgehead atoms. The molecule has 1 aromatic heterocycles. The molecule has 2 aromatic carbocycles. The van der Waals surface area contributed by atoms with Gasteiger partial charge < -0.3 is 10.1 Å². The summed E-state index contributed by atoms with van der Waals surface area (Å²) in [5, 5.41) is 3.04. The van der Waals surface area contributed by atoms with Gasteiger partial charge in [-0.15, -0.1) is 0 Å². The highest BCUT2D eigenvalue weighted by molar-refractivity contribution is 5.94. The normalized spacial score (nSPS) is 14.9. The lowest BCUT2D eigenvalue weighted by atomic mass is 9.99. The summed E-state index contributed by atoms with van der Waals surface area (Å²) in [5.41, 5.74) is 5.29. The molecule has 1 amide bonds. The number of fused-ring (bicyclic) bond motifs is 3. The van der Waals surface area contributed by atoms with Gasteiger partial charge in [-0.2, -0.15) is 0 Å². The number of benzene rings is 2. The molecular weight excluding hydrogens is 434 g/mol. The molecule has 0 fully saturated rings. The molecule has 0 atom stereocenters. The van der Waals surface area contributed by atoms with Crippen LogP contribution in [0.1, 0.15) is 65.3 Å². The molecule has 0 unspecified atom stereocenters. The summed E-state index contributed by atoms with van der Waals surface area (Å²) in [6, 6.07) is 20.5. The molecule has 0 radical (unpaired) electrons. The first-order valence-corrected chi connectivity index (χ1v) is 13.0. The molecule has 0 aliphatic carbocycles. The van der Waals surface area contributed by atoms with Crippen molar-refractivity contribution < 1.29 is 9.53 Å². The zero-order chi connectivity index (χ0) is 24.3. The molecule has 1 aliphatic rings. The molecule has 0 saturated carbocycles. The maximum Gasteiger partial charge on any atom is 0.251 e. The smallest absolute Gasteiger partial charge is 0.251 e. The van der Waals surface area contributed by atoms with Crippen molar-refractivity contribution in [2.24, 2.45) is 0 Å². The first kappa shape index (κ1) is 24.9. The lowest BCUT2D eigenvalue weighted by Crippen LogP contribution is -2.26. The number of amides is 1. The van der Waals surface area contributed by atoms with Crippen molar-refractivity contribution in [2.45, 2.75) is 52.0 Å². The third kappa shape index (κ3) is 7.66. The van der Waals surface area contributed by atoms with Gasteiger partial charge in [-0.3, -0.25) is 14.7 Å². The third-order valence-corrected chi connectivity index (χ3v) is 6.42. The number of aromatic nitrogens is 1. The Morgan fingerprint density at radius 1 is 1.03 bits per heavy atom. The topological polar surface area (TPSA) is 54.5 Å². The Bertz CT molecular complexity index is 1080.